The summed E-state index contributed by atoms with van der Waals surface area (Å²) in [4.78, 5) is 37.4. The van der Waals surface area contributed by atoms with Gasteiger partial charge >= 0.3 is 17.9 Å². The smallest absolute Gasteiger partial charge is 0.323 e. The number of carbonyl (C=O) groups is 3. The van der Waals surface area contributed by atoms with Crippen LogP contribution in [0.2, 0.25) is 0 Å². The van der Waals surface area contributed by atoms with E-state index in [2.05, 4.69) is 5.32 Å². The van der Waals surface area contributed by atoms with Crippen LogP contribution in [0.25, 0.3) is 0 Å². The van der Waals surface area contributed by atoms with Crippen molar-refractivity contribution in [2.45, 2.75) is 32.9 Å². The van der Waals surface area contributed by atoms with E-state index >= 15 is 0 Å². The van der Waals surface area contributed by atoms with Crippen molar-refractivity contribution in [3.05, 3.63) is 35.4 Å². The van der Waals surface area contributed by atoms with Crippen LogP contribution in [0.5, 0.6) is 0 Å². The number of ether oxygens (including phenoxy) is 3. The van der Waals surface area contributed by atoms with Gasteiger partial charge in [-0.15, -0.1) is 0 Å². The summed E-state index contributed by atoms with van der Waals surface area (Å²) in [5.74, 6) is -3.70. The van der Waals surface area contributed by atoms with Crippen molar-refractivity contribution >= 4 is 17.9 Å². The summed E-state index contributed by atoms with van der Waals surface area (Å²) in [5.41, 5.74) is 1.85. The molecule has 7 nitrogen and oxygen atoms in total. The lowest BCUT2D eigenvalue weighted by atomic mass is 9.84. The van der Waals surface area contributed by atoms with Crippen molar-refractivity contribution in [2.75, 3.05) is 20.3 Å². The average Bonchev–Trinajstić information content (AvgIpc) is 3.03. The van der Waals surface area contributed by atoms with Gasteiger partial charge in [0.05, 0.1) is 32.2 Å². The minimum absolute atomic E-state index is 0.147. The maximum Gasteiger partial charge on any atom is 0.323 e. The first-order valence-electron chi connectivity index (χ1n) is 8.68. The Balaban J connectivity index is 2.47. The van der Waals surface area contributed by atoms with Crippen LogP contribution >= 0.6 is 0 Å². The molecular formula is C19H25NO6. The first kappa shape index (κ1) is 19.9. The number of benzene rings is 1. The molecule has 0 bridgehead atoms. The molecule has 1 N–H and O–H groups in total. The molecule has 7 heteroatoms. The van der Waals surface area contributed by atoms with Crippen molar-refractivity contribution in [1.82, 2.24) is 5.32 Å². The molecule has 4 atom stereocenters. The van der Waals surface area contributed by atoms with Gasteiger partial charge < -0.3 is 14.2 Å². The second-order valence-electron chi connectivity index (χ2n) is 6.11. The Morgan fingerprint density at radius 1 is 0.923 bits per heavy atom. The monoisotopic (exact) mass is 363 g/mol. The molecule has 1 heterocycles. The van der Waals surface area contributed by atoms with E-state index in [4.69, 9.17) is 14.2 Å². The number of carbonyl (C=O) groups excluding carboxylic acids is 3. The number of esters is 3. The second kappa shape index (κ2) is 8.80. The Hall–Kier alpha value is -2.41. The van der Waals surface area contributed by atoms with Crippen LogP contribution in [0.15, 0.2) is 24.3 Å². The highest BCUT2D eigenvalue weighted by Crippen LogP contribution is 2.39. The number of aryl methyl sites for hydroxylation is 1. The largest absolute Gasteiger partial charge is 0.468 e. The van der Waals surface area contributed by atoms with Gasteiger partial charge in [-0.1, -0.05) is 29.8 Å². The fourth-order valence-corrected chi connectivity index (χ4v) is 3.28. The van der Waals surface area contributed by atoms with E-state index in [1.165, 1.54) is 7.11 Å². The highest BCUT2D eigenvalue weighted by atomic mass is 16.5. The number of methoxy groups -OCH3 is 1. The SMILES string of the molecule is CCOC(=O)[C@@H]1[C@H](C(=O)OCC)[C@H](c2ccc(C)cc2)N[C@@H]1C(=O)OC. The molecule has 2 rings (SSSR count). The molecule has 0 aliphatic carbocycles. The van der Waals surface area contributed by atoms with Crippen molar-refractivity contribution in [2.24, 2.45) is 11.8 Å². The van der Waals surface area contributed by atoms with Crippen LogP contribution < -0.4 is 5.32 Å². The topological polar surface area (TPSA) is 90.9 Å². The molecule has 142 valence electrons. The third-order valence-corrected chi connectivity index (χ3v) is 4.47. The van der Waals surface area contributed by atoms with Gasteiger partial charge in [-0.3, -0.25) is 19.7 Å². The van der Waals surface area contributed by atoms with E-state index < -0.39 is 41.8 Å². The average molecular weight is 363 g/mol. The number of hydrogen-bond acceptors (Lipinski definition) is 7. The van der Waals surface area contributed by atoms with Crippen LogP contribution in [0.4, 0.5) is 0 Å². The predicted molar refractivity (Wildman–Crippen MR) is 93.1 cm³/mol. The standard InChI is InChI=1S/C19H25NO6/c1-5-25-17(21)13-14(18(22)26-6-2)16(19(23)24-4)20-15(13)12-9-7-11(3)8-10-12/h7-10,13-16,20H,5-6H2,1-4H3/t13-,14+,15-,16-/m0/s1. The normalized spacial score (nSPS) is 24.8. The van der Waals surface area contributed by atoms with Crippen LogP contribution in [0, 0.1) is 18.8 Å². The third-order valence-electron chi connectivity index (χ3n) is 4.47. The highest BCUT2D eigenvalue weighted by Gasteiger charge is 2.55. The summed E-state index contributed by atoms with van der Waals surface area (Å²) < 4.78 is 15.1. The Morgan fingerprint density at radius 3 is 1.96 bits per heavy atom. The van der Waals surface area contributed by atoms with Crippen molar-refractivity contribution in [3.63, 3.8) is 0 Å². The van der Waals surface area contributed by atoms with Crippen molar-refractivity contribution in [3.8, 4) is 0 Å². The van der Waals surface area contributed by atoms with E-state index in [0.29, 0.717) is 0 Å². The van der Waals surface area contributed by atoms with Gasteiger partial charge in [0, 0.05) is 6.04 Å². The zero-order valence-electron chi connectivity index (χ0n) is 15.5. The summed E-state index contributed by atoms with van der Waals surface area (Å²) in [5, 5.41) is 3.08. The van der Waals surface area contributed by atoms with Crippen molar-refractivity contribution in [1.29, 1.82) is 0 Å². The van der Waals surface area contributed by atoms with Gasteiger partial charge in [0.25, 0.3) is 0 Å². The molecule has 0 unspecified atom stereocenters. The summed E-state index contributed by atoms with van der Waals surface area (Å²) in [7, 11) is 1.24. The molecule has 1 aliphatic heterocycles. The van der Waals surface area contributed by atoms with Crippen LogP contribution in [-0.4, -0.2) is 44.3 Å². The first-order chi connectivity index (χ1) is 12.4. The molecule has 0 aromatic heterocycles. The van der Waals surface area contributed by atoms with E-state index in [0.717, 1.165) is 11.1 Å². The molecule has 1 aliphatic rings. The first-order valence-corrected chi connectivity index (χ1v) is 8.68. The fourth-order valence-electron chi connectivity index (χ4n) is 3.28. The van der Waals surface area contributed by atoms with Crippen LogP contribution in [0.1, 0.15) is 31.0 Å². The van der Waals surface area contributed by atoms with E-state index in [9.17, 15) is 14.4 Å². The van der Waals surface area contributed by atoms with Crippen molar-refractivity contribution < 1.29 is 28.6 Å². The molecule has 0 radical (unpaired) electrons. The number of rotatable bonds is 6. The molecule has 1 saturated heterocycles. The number of nitrogens with one attached hydrogen (secondary N) is 1. The Bertz CT molecular complexity index is 656. The van der Waals surface area contributed by atoms with Gasteiger partial charge in [-0.05, 0) is 26.3 Å². The minimum atomic E-state index is -1.02. The lowest BCUT2D eigenvalue weighted by Gasteiger charge is -2.22. The van der Waals surface area contributed by atoms with Gasteiger partial charge in [-0.25, -0.2) is 0 Å². The molecule has 1 aromatic carbocycles. The molecule has 0 spiro atoms. The second-order valence-corrected chi connectivity index (χ2v) is 6.11. The van der Waals surface area contributed by atoms with E-state index in [1.807, 2.05) is 31.2 Å². The molecule has 26 heavy (non-hydrogen) atoms. The number of hydrogen-bond donors (Lipinski definition) is 1. The minimum Gasteiger partial charge on any atom is -0.468 e. The fraction of sp³-hybridized carbons (Fsp3) is 0.526. The van der Waals surface area contributed by atoms with Crippen LogP contribution in [-0.2, 0) is 28.6 Å². The summed E-state index contributed by atoms with van der Waals surface area (Å²) in [6.45, 7) is 5.64. The molecule has 1 aromatic rings. The van der Waals surface area contributed by atoms with Gasteiger partial charge in [0.2, 0.25) is 0 Å². The van der Waals surface area contributed by atoms with Gasteiger partial charge in [0.15, 0.2) is 0 Å². The molecule has 0 amide bonds. The van der Waals surface area contributed by atoms with E-state index in [-0.39, 0.29) is 13.2 Å². The zero-order chi connectivity index (χ0) is 19.3. The maximum atomic E-state index is 12.6. The molecule has 0 saturated carbocycles. The quantitative estimate of drug-likeness (QED) is 0.605. The van der Waals surface area contributed by atoms with Gasteiger partial charge in [-0.2, -0.15) is 0 Å². The summed E-state index contributed by atoms with van der Waals surface area (Å²) in [6, 6.07) is 5.99. The van der Waals surface area contributed by atoms with Crippen LogP contribution in [0.3, 0.4) is 0 Å². The van der Waals surface area contributed by atoms with E-state index in [1.54, 1.807) is 13.8 Å². The Labute approximate surface area is 153 Å². The lowest BCUT2D eigenvalue weighted by molar-refractivity contribution is -0.162. The maximum absolute atomic E-state index is 12.6. The lowest BCUT2D eigenvalue weighted by Crippen LogP contribution is -2.42. The summed E-state index contributed by atoms with van der Waals surface area (Å²) >= 11 is 0. The van der Waals surface area contributed by atoms with Gasteiger partial charge in [0.1, 0.15) is 6.04 Å². The highest BCUT2D eigenvalue weighted by molar-refractivity contribution is 5.91. The Kier molecular flexibility index (Phi) is 6.74. The summed E-state index contributed by atoms with van der Waals surface area (Å²) in [6.07, 6.45) is 0. The molecule has 1 fully saturated rings. The zero-order valence-corrected chi connectivity index (χ0v) is 15.5. The Morgan fingerprint density at radius 2 is 1.46 bits per heavy atom. The third kappa shape index (κ3) is 4.04. The predicted octanol–water partition coefficient (Wildman–Crippen LogP) is 1.54. The molecular weight excluding hydrogens is 338 g/mol.